The first-order chi connectivity index (χ1) is 18.9. The van der Waals surface area contributed by atoms with Crippen molar-refractivity contribution < 1.29 is 19.0 Å². The Labute approximate surface area is 227 Å². The van der Waals surface area contributed by atoms with Crippen LogP contribution in [0.2, 0.25) is 0 Å². The summed E-state index contributed by atoms with van der Waals surface area (Å²) in [6.45, 7) is 7.85. The second kappa shape index (κ2) is 11.6. The highest BCUT2D eigenvalue weighted by Gasteiger charge is 2.34. The number of carbonyl (C=O) groups excluding carboxylic acids is 1. The van der Waals surface area contributed by atoms with Gasteiger partial charge < -0.3 is 24.5 Å². The first-order valence-corrected chi connectivity index (χ1v) is 13.3. The van der Waals surface area contributed by atoms with Gasteiger partial charge in [0.05, 0.1) is 24.2 Å². The predicted octanol–water partition coefficient (Wildman–Crippen LogP) is 2.43. The van der Waals surface area contributed by atoms with Crippen molar-refractivity contribution in [3.05, 3.63) is 53.5 Å². The normalized spacial score (nSPS) is 21.6. The van der Waals surface area contributed by atoms with Crippen LogP contribution in [0.3, 0.4) is 0 Å². The molecule has 0 aliphatic carbocycles. The largest absolute Gasteiger partial charge is 0.508 e. The molecule has 3 aliphatic heterocycles. The van der Waals surface area contributed by atoms with Crippen LogP contribution in [0.5, 0.6) is 11.8 Å². The number of hydrogen-bond donors (Lipinski definition) is 1. The Hall–Kier alpha value is -3.75. The van der Waals surface area contributed by atoms with E-state index in [9.17, 15) is 19.6 Å². The third kappa shape index (κ3) is 5.82. The van der Waals surface area contributed by atoms with Crippen LogP contribution in [0.15, 0.2) is 30.9 Å². The number of ether oxygens (including phenoxy) is 1. The average Bonchev–Trinajstić information content (AvgIpc) is 3.53. The molecular formula is C28H34FN7O3. The number of piperazine rings is 1. The molecule has 2 fully saturated rings. The molecule has 5 rings (SSSR count). The van der Waals surface area contributed by atoms with Crippen LogP contribution in [-0.4, -0.2) is 87.6 Å². The van der Waals surface area contributed by atoms with E-state index < -0.39 is 0 Å². The highest BCUT2D eigenvalue weighted by atomic mass is 19.1. The lowest BCUT2D eigenvalue weighted by Crippen LogP contribution is -2.55. The second-order valence-electron chi connectivity index (χ2n) is 10.5. The van der Waals surface area contributed by atoms with Gasteiger partial charge in [0.1, 0.15) is 24.0 Å². The Morgan fingerprint density at radius 2 is 2.13 bits per heavy atom. The van der Waals surface area contributed by atoms with Crippen LogP contribution >= 0.6 is 0 Å². The monoisotopic (exact) mass is 535 g/mol. The number of likely N-dealkylation sites (tertiary alicyclic amines) is 1. The van der Waals surface area contributed by atoms with E-state index in [4.69, 9.17) is 14.7 Å². The predicted molar refractivity (Wildman–Crippen MR) is 142 cm³/mol. The van der Waals surface area contributed by atoms with Crippen LogP contribution in [0.25, 0.3) is 0 Å². The van der Waals surface area contributed by atoms with E-state index in [0.717, 1.165) is 36.5 Å². The molecular weight excluding hydrogens is 501 g/mol. The maximum Gasteiger partial charge on any atom is 0.318 e. The molecule has 0 spiro atoms. The zero-order valence-corrected chi connectivity index (χ0v) is 22.2. The van der Waals surface area contributed by atoms with Gasteiger partial charge in [0.2, 0.25) is 5.91 Å². The molecule has 2 atom stereocenters. The van der Waals surface area contributed by atoms with E-state index in [2.05, 4.69) is 34.4 Å². The fourth-order valence-electron chi connectivity index (χ4n) is 5.74. The third-order valence-corrected chi connectivity index (χ3v) is 7.87. The number of halogens is 1. The van der Waals surface area contributed by atoms with E-state index in [1.54, 1.807) is 4.90 Å². The second-order valence-corrected chi connectivity index (χ2v) is 10.5. The Kier molecular flexibility index (Phi) is 7.95. The summed E-state index contributed by atoms with van der Waals surface area (Å²) in [5.41, 5.74) is 2.15. The molecule has 3 aliphatic rings. The summed E-state index contributed by atoms with van der Waals surface area (Å²) >= 11 is 0. The minimum absolute atomic E-state index is 0.0200. The first kappa shape index (κ1) is 26.8. The first-order valence-electron chi connectivity index (χ1n) is 13.3. The van der Waals surface area contributed by atoms with Gasteiger partial charge in [0.25, 0.3) is 0 Å². The van der Waals surface area contributed by atoms with Gasteiger partial charge in [-0.2, -0.15) is 15.2 Å². The number of aromatic nitrogens is 2. The molecule has 10 nitrogen and oxygen atoms in total. The molecule has 4 heterocycles. The van der Waals surface area contributed by atoms with Gasteiger partial charge in [0, 0.05) is 56.4 Å². The number of rotatable bonds is 8. The van der Waals surface area contributed by atoms with Crippen molar-refractivity contribution in [1.29, 1.82) is 5.26 Å². The van der Waals surface area contributed by atoms with Gasteiger partial charge >= 0.3 is 6.01 Å². The van der Waals surface area contributed by atoms with Crippen molar-refractivity contribution in [2.45, 2.75) is 51.0 Å². The summed E-state index contributed by atoms with van der Waals surface area (Å²) in [6.07, 6.45) is 3.68. The summed E-state index contributed by atoms with van der Waals surface area (Å²) in [4.78, 5) is 30.1. The lowest BCUT2D eigenvalue weighted by Gasteiger charge is -2.41. The molecule has 11 heteroatoms. The maximum absolute atomic E-state index is 14.4. The SMILES string of the molecule is C=CC(=O)N1CCN(c2nc(OC[C@@H]3CCCN3C)nc3c2CN(Cc2cc(O)ccc2F)C3)C[C@@H]1CC#N. The van der Waals surface area contributed by atoms with E-state index in [-0.39, 0.29) is 29.9 Å². The topological polar surface area (TPSA) is 109 Å². The zero-order chi connectivity index (χ0) is 27.5. The van der Waals surface area contributed by atoms with Crippen molar-refractivity contribution in [2.75, 3.05) is 44.7 Å². The number of fused-ring (bicyclic) bond motifs is 1. The third-order valence-electron chi connectivity index (χ3n) is 7.87. The van der Waals surface area contributed by atoms with Crippen molar-refractivity contribution >= 4 is 11.7 Å². The van der Waals surface area contributed by atoms with Gasteiger partial charge in [-0.15, -0.1) is 0 Å². The van der Waals surface area contributed by atoms with Gasteiger partial charge in [-0.05, 0) is 50.7 Å². The number of nitriles is 1. The molecule has 1 amide bonds. The highest BCUT2D eigenvalue weighted by molar-refractivity contribution is 5.87. The van der Waals surface area contributed by atoms with Gasteiger partial charge in [0.15, 0.2) is 0 Å². The molecule has 1 aromatic heterocycles. The molecule has 206 valence electrons. The average molecular weight is 536 g/mol. The number of hydrogen-bond acceptors (Lipinski definition) is 9. The number of anilines is 1. The minimum Gasteiger partial charge on any atom is -0.508 e. The van der Waals surface area contributed by atoms with Crippen molar-refractivity contribution in [3.8, 4) is 17.8 Å². The molecule has 39 heavy (non-hydrogen) atoms. The lowest BCUT2D eigenvalue weighted by molar-refractivity contribution is -0.128. The van der Waals surface area contributed by atoms with Gasteiger partial charge in [-0.25, -0.2) is 4.39 Å². The fraction of sp³-hybridized carbons (Fsp3) is 0.500. The van der Waals surface area contributed by atoms with E-state index >= 15 is 0 Å². The summed E-state index contributed by atoms with van der Waals surface area (Å²) in [5.74, 6) is 0.183. The maximum atomic E-state index is 14.4. The van der Waals surface area contributed by atoms with Crippen molar-refractivity contribution in [3.63, 3.8) is 0 Å². The van der Waals surface area contributed by atoms with E-state index in [0.29, 0.717) is 63.5 Å². The number of benzene rings is 1. The summed E-state index contributed by atoms with van der Waals surface area (Å²) in [7, 11) is 2.09. The van der Waals surface area contributed by atoms with Gasteiger partial charge in [-0.1, -0.05) is 6.58 Å². The van der Waals surface area contributed by atoms with Crippen LogP contribution < -0.4 is 9.64 Å². The summed E-state index contributed by atoms with van der Waals surface area (Å²) < 4.78 is 20.6. The molecule has 0 radical (unpaired) electrons. The number of likely N-dealkylation sites (N-methyl/N-ethyl adjacent to an activating group) is 1. The Morgan fingerprint density at radius 1 is 1.28 bits per heavy atom. The Bertz CT molecular complexity index is 1280. The molecule has 0 bridgehead atoms. The molecule has 0 saturated carbocycles. The standard InChI is InChI=1S/C28H34FN7O3/c1-3-26(38)36-12-11-35(15-20(36)8-9-30)27-23-16-34(14-19-13-22(37)6-7-24(19)29)17-25(23)31-28(32-27)39-18-21-5-4-10-33(21)2/h3,6-7,13,20-21,37H,1,4-5,8,10-12,14-18H2,2H3/t20-,21-/m0/s1. The van der Waals surface area contributed by atoms with Crippen LogP contribution in [0, 0.1) is 17.1 Å². The zero-order valence-electron chi connectivity index (χ0n) is 22.2. The lowest BCUT2D eigenvalue weighted by atomic mass is 10.1. The number of amides is 1. The number of carbonyl (C=O) groups is 1. The Morgan fingerprint density at radius 3 is 2.87 bits per heavy atom. The van der Waals surface area contributed by atoms with Crippen LogP contribution in [-0.2, 0) is 24.4 Å². The highest BCUT2D eigenvalue weighted by Crippen LogP contribution is 2.34. The quantitative estimate of drug-likeness (QED) is 0.510. The number of aromatic hydroxyl groups is 1. The molecule has 0 unspecified atom stereocenters. The van der Waals surface area contributed by atoms with Crippen LogP contribution in [0.4, 0.5) is 10.2 Å². The molecule has 2 aromatic rings. The Balaban J connectivity index is 1.41. The molecule has 1 aromatic carbocycles. The number of nitrogens with zero attached hydrogens (tertiary/aromatic N) is 7. The fourth-order valence-corrected chi connectivity index (χ4v) is 5.74. The van der Waals surface area contributed by atoms with E-state index in [1.807, 2.05) is 0 Å². The van der Waals surface area contributed by atoms with Crippen molar-refractivity contribution in [1.82, 2.24) is 24.7 Å². The number of phenols is 1. The van der Waals surface area contributed by atoms with Gasteiger partial charge in [-0.3, -0.25) is 9.69 Å². The summed E-state index contributed by atoms with van der Waals surface area (Å²) in [6, 6.07) is 6.56. The van der Waals surface area contributed by atoms with Crippen LogP contribution in [0.1, 0.15) is 36.1 Å². The molecule has 2 saturated heterocycles. The number of phenolic OH excluding ortho intramolecular Hbond substituents is 1. The molecule has 1 N–H and O–H groups in total. The van der Waals surface area contributed by atoms with E-state index in [1.165, 1.54) is 24.3 Å². The van der Waals surface area contributed by atoms with Crippen molar-refractivity contribution in [2.24, 2.45) is 0 Å². The summed E-state index contributed by atoms with van der Waals surface area (Å²) in [5, 5.41) is 19.3. The minimum atomic E-state index is -0.373. The smallest absolute Gasteiger partial charge is 0.318 e.